The summed E-state index contributed by atoms with van der Waals surface area (Å²) in [5, 5.41) is 6.82. The Morgan fingerprint density at radius 3 is 2.66 bits per heavy atom. The molecule has 0 spiro atoms. The summed E-state index contributed by atoms with van der Waals surface area (Å²) in [4.78, 5) is 13.0. The maximum Gasteiger partial charge on any atom is 0.234 e. The molecule has 1 aromatic carbocycles. The largest absolute Gasteiger partial charge is 0.459 e. The van der Waals surface area contributed by atoms with Crippen LogP contribution in [0.1, 0.15) is 24.6 Å². The summed E-state index contributed by atoms with van der Waals surface area (Å²) >= 11 is 1.63. The van der Waals surface area contributed by atoms with Crippen LogP contribution < -0.4 is 4.90 Å². The van der Waals surface area contributed by atoms with E-state index in [0.717, 1.165) is 45.8 Å². The van der Waals surface area contributed by atoms with Crippen molar-refractivity contribution in [3.05, 3.63) is 71.2 Å². The van der Waals surface area contributed by atoms with Crippen molar-refractivity contribution in [2.24, 2.45) is 7.05 Å². The van der Waals surface area contributed by atoms with Crippen LogP contribution in [0, 0.1) is 0 Å². The highest BCUT2D eigenvalue weighted by Crippen LogP contribution is 2.34. The SMILES string of the molecule is CCCc1nn(C)c2c(N(Cc3ccccc3)C3=COCO3)nc(-c3cccs3)nc12.Cl. The summed E-state index contributed by atoms with van der Waals surface area (Å²) < 4.78 is 13.1. The zero-order chi connectivity index (χ0) is 21.2. The van der Waals surface area contributed by atoms with Gasteiger partial charge in [-0.3, -0.25) is 9.58 Å². The normalized spacial score (nSPS) is 12.8. The van der Waals surface area contributed by atoms with Gasteiger partial charge < -0.3 is 9.47 Å². The number of hydrogen-bond acceptors (Lipinski definition) is 7. The number of nitrogens with zero attached hydrogens (tertiary/aromatic N) is 5. The molecule has 0 saturated carbocycles. The Bertz CT molecular complexity index is 1220. The number of aromatic nitrogens is 4. The van der Waals surface area contributed by atoms with E-state index in [2.05, 4.69) is 19.1 Å². The average molecular weight is 470 g/mol. The molecule has 0 amide bonds. The number of aryl methyl sites for hydroxylation is 2. The number of ether oxygens (including phenoxy) is 2. The molecular formula is C23H24ClN5O2S. The van der Waals surface area contributed by atoms with E-state index in [-0.39, 0.29) is 19.2 Å². The van der Waals surface area contributed by atoms with E-state index in [1.807, 2.05) is 52.3 Å². The van der Waals surface area contributed by atoms with E-state index in [9.17, 15) is 0 Å². The molecule has 166 valence electrons. The highest BCUT2D eigenvalue weighted by atomic mass is 35.5. The van der Waals surface area contributed by atoms with Crippen LogP contribution in [0.15, 0.2) is 60.0 Å². The van der Waals surface area contributed by atoms with Crippen LogP contribution in [-0.4, -0.2) is 26.5 Å². The third-order valence-electron chi connectivity index (χ3n) is 5.13. The number of halogens is 1. The van der Waals surface area contributed by atoms with Crippen molar-refractivity contribution in [3.8, 4) is 10.7 Å². The lowest BCUT2D eigenvalue weighted by Gasteiger charge is -2.24. The third kappa shape index (κ3) is 4.16. The third-order valence-corrected chi connectivity index (χ3v) is 5.99. The molecule has 4 aromatic rings. The second kappa shape index (κ2) is 9.58. The predicted molar refractivity (Wildman–Crippen MR) is 129 cm³/mol. The molecule has 1 aliphatic rings. The van der Waals surface area contributed by atoms with Crippen LogP contribution >= 0.6 is 23.7 Å². The van der Waals surface area contributed by atoms with E-state index in [0.29, 0.717) is 18.3 Å². The quantitative estimate of drug-likeness (QED) is 0.367. The summed E-state index contributed by atoms with van der Waals surface area (Å²) in [7, 11) is 1.94. The first-order valence-electron chi connectivity index (χ1n) is 10.3. The first-order valence-corrected chi connectivity index (χ1v) is 11.2. The van der Waals surface area contributed by atoms with Gasteiger partial charge in [-0.1, -0.05) is 49.7 Å². The lowest BCUT2D eigenvalue weighted by molar-refractivity contribution is 0.0782. The Morgan fingerprint density at radius 1 is 1.12 bits per heavy atom. The number of anilines is 1. The maximum absolute atomic E-state index is 5.79. The van der Waals surface area contributed by atoms with E-state index in [1.54, 1.807) is 17.6 Å². The number of benzene rings is 1. The molecule has 0 radical (unpaired) electrons. The summed E-state index contributed by atoms with van der Waals surface area (Å²) in [5.41, 5.74) is 3.89. The lowest BCUT2D eigenvalue weighted by Crippen LogP contribution is -2.24. The standard InChI is InChI=1S/C23H23N5O2S.ClH/c1-3-8-17-20-21(27(2)26-17)23(25-22(24-20)18-11-7-12-31-18)28(19-14-29-15-30-19)13-16-9-5-4-6-10-16;/h4-7,9-12,14H,3,8,13,15H2,1-2H3;1H. The molecule has 0 aliphatic carbocycles. The van der Waals surface area contributed by atoms with Crippen LogP contribution in [0.25, 0.3) is 21.7 Å². The van der Waals surface area contributed by atoms with Crippen molar-refractivity contribution in [2.45, 2.75) is 26.3 Å². The Labute approximate surface area is 196 Å². The van der Waals surface area contributed by atoms with Gasteiger partial charge in [-0.25, -0.2) is 9.97 Å². The Balaban J connectivity index is 0.00000245. The van der Waals surface area contributed by atoms with Gasteiger partial charge in [0.25, 0.3) is 0 Å². The smallest absolute Gasteiger partial charge is 0.234 e. The molecule has 4 heterocycles. The van der Waals surface area contributed by atoms with Crippen LogP contribution in [0.2, 0.25) is 0 Å². The van der Waals surface area contributed by atoms with Crippen molar-refractivity contribution in [3.63, 3.8) is 0 Å². The van der Waals surface area contributed by atoms with Gasteiger partial charge in [0.15, 0.2) is 11.6 Å². The number of hydrogen-bond donors (Lipinski definition) is 0. The Hall–Kier alpha value is -3.10. The molecule has 1 aliphatic heterocycles. The van der Waals surface area contributed by atoms with Crippen molar-refractivity contribution < 1.29 is 9.47 Å². The van der Waals surface area contributed by atoms with Crippen molar-refractivity contribution in [2.75, 3.05) is 11.7 Å². The average Bonchev–Trinajstić information content (AvgIpc) is 3.55. The van der Waals surface area contributed by atoms with E-state index < -0.39 is 0 Å². The minimum atomic E-state index is 0. The van der Waals surface area contributed by atoms with E-state index in [4.69, 9.17) is 24.5 Å². The fraction of sp³-hybridized carbons (Fsp3) is 0.261. The monoisotopic (exact) mass is 469 g/mol. The van der Waals surface area contributed by atoms with Crippen molar-refractivity contribution in [1.82, 2.24) is 19.7 Å². The minimum absolute atomic E-state index is 0. The molecule has 0 bridgehead atoms. The fourth-order valence-corrected chi connectivity index (χ4v) is 4.39. The van der Waals surface area contributed by atoms with Crippen LogP contribution in [0.4, 0.5) is 5.82 Å². The molecule has 9 heteroatoms. The van der Waals surface area contributed by atoms with Gasteiger partial charge in [-0.05, 0) is 23.4 Å². The molecule has 0 fully saturated rings. The second-order valence-corrected chi connectivity index (χ2v) is 8.27. The number of fused-ring (bicyclic) bond motifs is 1. The van der Waals surface area contributed by atoms with Gasteiger partial charge in [0.1, 0.15) is 17.3 Å². The van der Waals surface area contributed by atoms with Crippen molar-refractivity contribution >= 4 is 40.6 Å². The van der Waals surface area contributed by atoms with E-state index >= 15 is 0 Å². The zero-order valence-corrected chi connectivity index (χ0v) is 19.5. The molecule has 3 aromatic heterocycles. The van der Waals surface area contributed by atoms with Crippen LogP contribution in [0.3, 0.4) is 0 Å². The van der Waals surface area contributed by atoms with Gasteiger partial charge in [0.2, 0.25) is 12.7 Å². The predicted octanol–water partition coefficient (Wildman–Crippen LogP) is 5.28. The van der Waals surface area contributed by atoms with Gasteiger partial charge >= 0.3 is 0 Å². The van der Waals surface area contributed by atoms with Gasteiger partial charge in [0.05, 0.1) is 17.1 Å². The summed E-state index contributed by atoms with van der Waals surface area (Å²) in [6.45, 7) is 2.93. The summed E-state index contributed by atoms with van der Waals surface area (Å²) in [5.74, 6) is 2.08. The van der Waals surface area contributed by atoms with Crippen molar-refractivity contribution in [1.29, 1.82) is 0 Å². The topological polar surface area (TPSA) is 65.3 Å². The first-order chi connectivity index (χ1) is 15.2. The van der Waals surface area contributed by atoms with E-state index in [1.165, 1.54) is 0 Å². The van der Waals surface area contributed by atoms with Gasteiger partial charge in [0, 0.05) is 7.05 Å². The Kier molecular flexibility index (Phi) is 6.62. The van der Waals surface area contributed by atoms with Crippen LogP contribution in [-0.2, 0) is 29.5 Å². The summed E-state index contributed by atoms with van der Waals surface area (Å²) in [6.07, 6.45) is 3.50. The zero-order valence-electron chi connectivity index (χ0n) is 17.9. The number of rotatable bonds is 7. The highest BCUT2D eigenvalue weighted by Gasteiger charge is 2.26. The molecule has 0 atom stereocenters. The molecule has 0 saturated heterocycles. The molecule has 32 heavy (non-hydrogen) atoms. The molecular weight excluding hydrogens is 446 g/mol. The van der Waals surface area contributed by atoms with Crippen LogP contribution in [0.5, 0.6) is 0 Å². The number of thiophene rings is 1. The highest BCUT2D eigenvalue weighted by molar-refractivity contribution is 7.13. The molecule has 0 N–H and O–H groups in total. The minimum Gasteiger partial charge on any atom is -0.459 e. The lowest BCUT2D eigenvalue weighted by atomic mass is 10.2. The molecule has 5 rings (SSSR count). The fourth-order valence-electron chi connectivity index (χ4n) is 3.73. The molecule has 7 nitrogen and oxygen atoms in total. The molecule has 0 unspecified atom stereocenters. The Morgan fingerprint density at radius 2 is 1.97 bits per heavy atom. The van der Waals surface area contributed by atoms with Gasteiger partial charge in [-0.15, -0.1) is 23.7 Å². The summed E-state index contributed by atoms with van der Waals surface area (Å²) in [6, 6.07) is 14.3. The van der Waals surface area contributed by atoms with Gasteiger partial charge in [-0.2, -0.15) is 5.10 Å². The second-order valence-electron chi connectivity index (χ2n) is 7.32. The maximum atomic E-state index is 5.79. The first kappa shape index (κ1) is 22.1.